The zero-order chi connectivity index (χ0) is 10.8. The van der Waals surface area contributed by atoms with Crippen LogP contribution in [0.3, 0.4) is 0 Å². The van der Waals surface area contributed by atoms with E-state index in [0.717, 1.165) is 17.1 Å². The first-order valence-corrected chi connectivity index (χ1v) is 5.61. The van der Waals surface area contributed by atoms with Gasteiger partial charge in [-0.05, 0) is 13.3 Å². The van der Waals surface area contributed by atoms with Gasteiger partial charge in [-0.15, -0.1) is 16.4 Å². The summed E-state index contributed by atoms with van der Waals surface area (Å²) >= 11 is 1.67. The van der Waals surface area contributed by atoms with E-state index in [-0.39, 0.29) is 0 Å². The number of nitrogens with zero attached hydrogens (tertiary/aromatic N) is 4. The lowest BCUT2D eigenvalue weighted by atomic mass is 10.3. The molecule has 2 aromatic heterocycles. The molecule has 0 saturated carbocycles. The van der Waals surface area contributed by atoms with Gasteiger partial charge in [0.2, 0.25) is 0 Å². The fraction of sp³-hybridized carbons (Fsp3) is 0.444. The number of nitrogens with two attached hydrogens (primary N) is 1. The van der Waals surface area contributed by atoms with Gasteiger partial charge >= 0.3 is 0 Å². The Balaban J connectivity index is 2.24. The standard InChI is InChI=1S/C9H13N5S/c1-3-8-9(10)12-13-14(8)5-7-4-11-6(2)15-7/h4H,3,5,10H2,1-2H3. The molecular weight excluding hydrogens is 210 g/mol. The first kappa shape index (κ1) is 10.1. The van der Waals surface area contributed by atoms with E-state index < -0.39 is 0 Å². The Morgan fingerprint density at radius 1 is 1.53 bits per heavy atom. The van der Waals surface area contributed by atoms with Crippen molar-refractivity contribution < 1.29 is 0 Å². The molecule has 2 heterocycles. The van der Waals surface area contributed by atoms with Crippen molar-refractivity contribution in [3.8, 4) is 0 Å². The molecule has 2 rings (SSSR count). The summed E-state index contributed by atoms with van der Waals surface area (Å²) in [4.78, 5) is 5.37. The van der Waals surface area contributed by atoms with Crippen LogP contribution < -0.4 is 5.73 Å². The minimum Gasteiger partial charge on any atom is -0.381 e. The summed E-state index contributed by atoms with van der Waals surface area (Å²) in [5, 5.41) is 8.94. The van der Waals surface area contributed by atoms with Crippen LogP contribution in [0, 0.1) is 6.92 Å². The molecule has 2 N–H and O–H groups in total. The van der Waals surface area contributed by atoms with Gasteiger partial charge in [0.25, 0.3) is 0 Å². The summed E-state index contributed by atoms with van der Waals surface area (Å²) in [5.41, 5.74) is 6.69. The van der Waals surface area contributed by atoms with Gasteiger partial charge in [-0.1, -0.05) is 12.1 Å². The monoisotopic (exact) mass is 223 g/mol. The molecule has 0 unspecified atom stereocenters. The van der Waals surface area contributed by atoms with Crippen molar-refractivity contribution in [3.63, 3.8) is 0 Å². The van der Waals surface area contributed by atoms with Crippen molar-refractivity contribution >= 4 is 17.2 Å². The van der Waals surface area contributed by atoms with E-state index in [0.29, 0.717) is 12.4 Å². The van der Waals surface area contributed by atoms with E-state index >= 15 is 0 Å². The van der Waals surface area contributed by atoms with Crippen molar-refractivity contribution in [2.45, 2.75) is 26.8 Å². The Morgan fingerprint density at radius 2 is 2.33 bits per heavy atom. The SMILES string of the molecule is CCc1c(N)nnn1Cc1cnc(C)s1. The minimum absolute atomic E-state index is 0.527. The summed E-state index contributed by atoms with van der Waals surface area (Å²) < 4.78 is 1.84. The first-order chi connectivity index (χ1) is 7.20. The number of thiazole rings is 1. The number of rotatable bonds is 3. The van der Waals surface area contributed by atoms with Gasteiger partial charge in [0.05, 0.1) is 17.2 Å². The van der Waals surface area contributed by atoms with Crippen LogP contribution in [-0.2, 0) is 13.0 Å². The molecule has 15 heavy (non-hydrogen) atoms. The van der Waals surface area contributed by atoms with Crippen LogP contribution in [-0.4, -0.2) is 20.0 Å². The number of hydrogen-bond acceptors (Lipinski definition) is 5. The predicted octanol–water partition coefficient (Wildman–Crippen LogP) is 1.24. The van der Waals surface area contributed by atoms with Gasteiger partial charge in [-0.2, -0.15) is 0 Å². The summed E-state index contributed by atoms with van der Waals surface area (Å²) in [6, 6.07) is 0. The van der Waals surface area contributed by atoms with Gasteiger partial charge in [0.15, 0.2) is 5.82 Å². The van der Waals surface area contributed by atoms with Gasteiger partial charge in [-0.3, -0.25) is 0 Å². The third-order valence-electron chi connectivity index (χ3n) is 2.18. The largest absolute Gasteiger partial charge is 0.381 e. The molecule has 0 aliphatic carbocycles. The average Bonchev–Trinajstić information content (AvgIpc) is 2.75. The van der Waals surface area contributed by atoms with Crippen LogP contribution in [0.5, 0.6) is 0 Å². The molecule has 0 atom stereocenters. The Labute approximate surface area is 91.9 Å². The zero-order valence-corrected chi connectivity index (χ0v) is 9.58. The molecule has 2 aromatic rings. The van der Waals surface area contributed by atoms with Crippen molar-refractivity contribution in [2.75, 3.05) is 5.73 Å². The Hall–Kier alpha value is -1.43. The van der Waals surface area contributed by atoms with Gasteiger partial charge in [0, 0.05) is 11.1 Å². The van der Waals surface area contributed by atoms with Gasteiger partial charge in [-0.25, -0.2) is 9.67 Å². The summed E-state index contributed by atoms with van der Waals surface area (Å²) in [6.07, 6.45) is 2.72. The highest BCUT2D eigenvalue weighted by molar-refractivity contribution is 7.11. The maximum Gasteiger partial charge on any atom is 0.169 e. The first-order valence-electron chi connectivity index (χ1n) is 4.80. The van der Waals surface area contributed by atoms with Crippen molar-refractivity contribution in [1.82, 2.24) is 20.0 Å². The average molecular weight is 223 g/mol. The molecule has 0 spiro atoms. The summed E-state index contributed by atoms with van der Waals surface area (Å²) in [6.45, 7) is 4.74. The van der Waals surface area contributed by atoms with E-state index in [9.17, 15) is 0 Å². The van der Waals surface area contributed by atoms with E-state index in [1.165, 1.54) is 4.88 Å². The van der Waals surface area contributed by atoms with E-state index in [2.05, 4.69) is 15.3 Å². The zero-order valence-electron chi connectivity index (χ0n) is 8.77. The second-order valence-corrected chi connectivity index (χ2v) is 4.60. The fourth-order valence-electron chi connectivity index (χ4n) is 1.46. The maximum absolute atomic E-state index is 5.70. The van der Waals surface area contributed by atoms with Crippen molar-refractivity contribution in [2.24, 2.45) is 0 Å². The molecule has 0 saturated heterocycles. The second kappa shape index (κ2) is 3.98. The Kier molecular flexibility index (Phi) is 2.68. The highest BCUT2D eigenvalue weighted by atomic mass is 32.1. The van der Waals surface area contributed by atoms with Crippen molar-refractivity contribution in [1.29, 1.82) is 0 Å². The molecular formula is C9H13N5S. The molecule has 6 heteroatoms. The van der Waals surface area contributed by atoms with E-state index in [1.54, 1.807) is 11.3 Å². The minimum atomic E-state index is 0.527. The summed E-state index contributed by atoms with van der Waals surface area (Å²) in [7, 11) is 0. The highest BCUT2D eigenvalue weighted by Crippen LogP contribution is 2.15. The molecule has 0 aromatic carbocycles. The second-order valence-electron chi connectivity index (χ2n) is 3.28. The normalized spacial score (nSPS) is 10.8. The number of anilines is 1. The van der Waals surface area contributed by atoms with Crippen LogP contribution in [0.1, 0.15) is 22.5 Å². The Bertz CT molecular complexity index is 459. The predicted molar refractivity (Wildman–Crippen MR) is 59.8 cm³/mol. The van der Waals surface area contributed by atoms with Crippen LogP contribution >= 0.6 is 11.3 Å². The smallest absolute Gasteiger partial charge is 0.169 e. The van der Waals surface area contributed by atoms with Crippen LogP contribution in [0.2, 0.25) is 0 Å². The lowest BCUT2D eigenvalue weighted by Gasteiger charge is -2.01. The van der Waals surface area contributed by atoms with Gasteiger partial charge in [0.1, 0.15) is 0 Å². The molecule has 0 amide bonds. The third-order valence-corrected chi connectivity index (χ3v) is 3.07. The lowest BCUT2D eigenvalue weighted by molar-refractivity contribution is 0.627. The Morgan fingerprint density at radius 3 is 2.93 bits per heavy atom. The lowest BCUT2D eigenvalue weighted by Crippen LogP contribution is -2.05. The highest BCUT2D eigenvalue weighted by Gasteiger charge is 2.09. The number of nitrogen functional groups attached to an aromatic ring is 1. The van der Waals surface area contributed by atoms with E-state index in [4.69, 9.17) is 5.73 Å². The molecule has 80 valence electrons. The van der Waals surface area contributed by atoms with E-state index in [1.807, 2.05) is 24.7 Å². The van der Waals surface area contributed by atoms with Crippen LogP contribution in [0.25, 0.3) is 0 Å². The summed E-state index contributed by atoms with van der Waals surface area (Å²) in [5.74, 6) is 0.527. The van der Waals surface area contributed by atoms with Crippen molar-refractivity contribution in [3.05, 3.63) is 21.8 Å². The number of hydrogen-bond donors (Lipinski definition) is 1. The van der Waals surface area contributed by atoms with Gasteiger partial charge < -0.3 is 5.73 Å². The molecule has 0 aliphatic heterocycles. The van der Waals surface area contributed by atoms with Crippen LogP contribution in [0.4, 0.5) is 5.82 Å². The van der Waals surface area contributed by atoms with Crippen LogP contribution in [0.15, 0.2) is 6.20 Å². The molecule has 0 aliphatic rings. The molecule has 0 radical (unpaired) electrons. The maximum atomic E-state index is 5.70. The number of aromatic nitrogens is 4. The quantitative estimate of drug-likeness (QED) is 0.849. The molecule has 0 bridgehead atoms. The third kappa shape index (κ3) is 1.99. The molecule has 5 nitrogen and oxygen atoms in total. The molecule has 0 fully saturated rings. The number of aryl methyl sites for hydroxylation is 1. The fourth-order valence-corrected chi connectivity index (χ4v) is 2.24. The topological polar surface area (TPSA) is 69.6 Å².